The lowest BCUT2D eigenvalue weighted by Gasteiger charge is -2.32. The molecule has 2 N–H and O–H groups in total. The fourth-order valence-corrected chi connectivity index (χ4v) is 4.41. The van der Waals surface area contributed by atoms with Crippen molar-refractivity contribution >= 4 is 23.9 Å². The number of benzene rings is 1. The highest BCUT2D eigenvalue weighted by Gasteiger charge is 2.34. The largest absolute Gasteiger partial charge is 0.469 e. The molecule has 3 rings (SSSR count). The Morgan fingerprint density at radius 1 is 1.11 bits per heavy atom. The summed E-state index contributed by atoms with van der Waals surface area (Å²) in [6.45, 7) is 7.15. The highest BCUT2D eigenvalue weighted by molar-refractivity contribution is 5.81. The van der Waals surface area contributed by atoms with Crippen LogP contribution in [0.1, 0.15) is 57.6 Å². The van der Waals surface area contributed by atoms with Gasteiger partial charge in [0.1, 0.15) is 11.4 Å². The Balaban J connectivity index is 1.60. The van der Waals surface area contributed by atoms with Crippen LogP contribution in [0.2, 0.25) is 0 Å². The predicted octanol–water partition coefficient (Wildman–Crippen LogP) is 2.36. The van der Waals surface area contributed by atoms with Crippen LogP contribution >= 0.6 is 0 Å². The molecular weight excluding hydrogens is 454 g/mol. The zero-order valence-corrected chi connectivity index (χ0v) is 20.9. The summed E-state index contributed by atoms with van der Waals surface area (Å²) in [6, 6.07) is 4.83. The number of hydrogen-bond acceptors (Lipinski definition) is 8. The van der Waals surface area contributed by atoms with E-state index in [0.29, 0.717) is 44.8 Å². The second-order valence-electron chi connectivity index (χ2n) is 9.99. The number of amides is 2. The van der Waals surface area contributed by atoms with E-state index >= 15 is 0 Å². The molecule has 1 atom stereocenters. The van der Waals surface area contributed by atoms with Crippen molar-refractivity contribution in [1.29, 1.82) is 0 Å². The lowest BCUT2D eigenvalue weighted by Crippen LogP contribution is -2.43. The fraction of sp³-hybridized carbons (Fsp3) is 0.600. The van der Waals surface area contributed by atoms with Crippen molar-refractivity contribution in [2.45, 2.75) is 71.2 Å². The monoisotopic (exact) mass is 489 g/mol. The van der Waals surface area contributed by atoms with Crippen LogP contribution in [0, 0.1) is 5.92 Å². The average Bonchev–Trinajstić information content (AvgIpc) is 3.22. The van der Waals surface area contributed by atoms with E-state index in [1.54, 1.807) is 11.0 Å². The minimum atomic E-state index is -0.637. The third kappa shape index (κ3) is 6.94. The van der Waals surface area contributed by atoms with Gasteiger partial charge >= 0.3 is 18.0 Å². The first-order valence-corrected chi connectivity index (χ1v) is 11.9. The Hall–Kier alpha value is -3.14. The number of fused-ring (bicyclic) bond motifs is 1. The van der Waals surface area contributed by atoms with Gasteiger partial charge in [0.25, 0.3) is 0 Å². The van der Waals surface area contributed by atoms with Gasteiger partial charge in [0.15, 0.2) is 0 Å². The summed E-state index contributed by atoms with van der Waals surface area (Å²) in [5.41, 5.74) is 6.81. The Bertz CT molecular complexity index is 964. The molecule has 0 radical (unpaired) electrons. The van der Waals surface area contributed by atoms with E-state index in [1.165, 1.54) is 7.11 Å². The van der Waals surface area contributed by atoms with E-state index in [9.17, 15) is 19.2 Å². The predicted molar refractivity (Wildman–Crippen MR) is 126 cm³/mol. The average molecular weight is 490 g/mol. The molecule has 1 saturated heterocycles. The zero-order valence-electron chi connectivity index (χ0n) is 20.9. The molecule has 0 bridgehead atoms. The summed E-state index contributed by atoms with van der Waals surface area (Å²) in [5.74, 6) is -1.11. The first-order valence-electron chi connectivity index (χ1n) is 11.9. The Kier molecular flexibility index (Phi) is 8.37. The molecule has 2 heterocycles. The van der Waals surface area contributed by atoms with Crippen molar-refractivity contribution in [3.8, 4) is 5.75 Å². The second-order valence-corrected chi connectivity index (χ2v) is 9.99. The second kappa shape index (κ2) is 11.1. The van der Waals surface area contributed by atoms with E-state index in [0.717, 1.165) is 11.1 Å². The van der Waals surface area contributed by atoms with Crippen molar-refractivity contribution < 1.29 is 33.4 Å². The van der Waals surface area contributed by atoms with Gasteiger partial charge < -0.3 is 24.8 Å². The number of carbonyl (C=O) groups excluding carboxylic acids is 4. The first-order chi connectivity index (χ1) is 16.5. The molecule has 2 aliphatic rings. The number of hydrogen-bond donors (Lipinski definition) is 1. The van der Waals surface area contributed by atoms with Gasteiger partial charge in [-0.1, -0.05) is 12.1 Å². The minimum Gasteiger partial charge on any atom is -0.469 e. The molecule has 10 heteroatoms. The van der Waals surface area contributed by atoms with E-state index in [-0.39, 0.29) is 30.8 Å². The van der Waals surface area contributed by atoms with Gasteiger partial charge in [0.2, 0.25) is 5.91 Å². The summed E-state index contributed by atoms with van der Waals surface area (Å²) in [5, 5.41) is 0. The molecule has 0 aliphatic carbocycles. The Morgan fingerprint density at radius 2 is 1.80 bits per heavy atom. The maximum Gasteiger partial charge on any atom is 0.410 e. The van der Waals surface area contributed by atoms with Gasteiger partial charge in [-0.25, -0.2) is 4.79 Å². The fourth-order valence-electron chi connectivity index (χ4n) is 4.41. The normalized spacial score (nSPS) is 17.4. The highest BCUT2D eigenvalue weighted by atomic mass is 16.6. The molecule has 35 heavy (non-hydrogen) atoms. The lowest BCUT2D eigenvalue weighted by atomic mass is 9.97. The number of nitrogens with zero attached hydrogens (tertiary/aromatic N) is 2. The minimum absolute atomic E-state index is 0.0841. The van der Waals surface area contributed by atoms with Gasteiger partial charge in [-0.15, -0.1) is 0 Å². The van der Waals surface area contributed by atoms with Crippen LogP contribution in [0.4, 0.5) is 4.79 Å². The molecule has 0 aromatic heterocycles. The molecule has 1 fully saturated rings. The standard InChI is InChI=1S/C25H35N3O7/c1-25(2,3)35-24(32)27-12-10-16(11-13-27)23(31)34-20-7-5-6-17-14-28(15-18(17)20)19(22(26)30)8-9-21(29)33-4/h5-7,16,19H,8-15H2,1-4H3,(H2,26,30). The summed E-state index contributed by atoms with van der Waals surface area (Å²) in [7, 11) is 1.30. The highest BCUT2D eigenvalue weighted by Crippen LogP contribution is 2.34. The number of nitrogens with two attached hydrogens (primary N) is 1. The molecule has 0 spiro atoms. The van der Waals surface area contributed by atoms with Crippen molar-refractivity contribution in [2.24, 2.45) is 11.7 Å². The van der Waals surface area contributed by atoms with Gasteiger partial charge in [0, 0.05) is 38.2 Å². The summed E-state index contributed by atoms with van der Waals surface area (Å²) in [6.07, 6.45) is 0.955. The SMILES string of the molecule is COC(=O)CCC(C(N)=O)N1Cc2cccc(OC(=O)C3CCN(C(=O)OC(C)(C)C)CC3)c2C1. The Morgan fingerprint density at radius 3 is 2.40 bits per heavy atom. The summed E-state index contributed by atoms with van der Waals surface area (Å²) < 4.78 is 15.9. The number of piperidine rings is 1. The van der Waals surface area contributed by atoms with Crippen LogP contribution in [0.15, 0.2) is 18.2 Å². The van der Waals surface area contributed by atoms with Crippen LogP contribution < -0.4 is 10.5 Å². The van der Waals surface area contributed by atoms with Crippen LogP contribution in [0.25, 0.3) is 0 Å². The number of likely N-dealkylation sites (tertiary alicyclic amines) is 1. The maximum absolute atomic E-state index is 12.9. The number of primary amides is 1. The molecule has 192 valence electrons. The van der Waals surface area contributed by atoms with Crippen molar-refractivity contribution in [3.05, 3.63) is 29.3 Å². The maximum atomic E-state index is 12.9. The summed E-state index contributed by atoms with van der Waals surface area (Å²) in [4.78, 5) is 52.3. The third-order valence-corrected chi connectivity index (χ3v) is 6.27. The first kappa shape index (κ1) is 26.5. The van der Waals surface area contributed by atoms with E-state index in [4.69, 9.17) is 15.2 Å². The number of rotatable bonds is 7. The van der Waals surface area contributed by atoms with Crippen LogP contribution in [-0.2, 0) is 36.9 Å². The van der Waals surface area contributed by atoms with Crippen molar-refractivity contribution in [3.63, 3.8) is 0 Å². The van der Waals surface area contributed by atoms with Crippen molar-refractivity contribution in [2.75, 3.05) is 20.2 Å². The zero-order chi connectivity index (χ0) is 25.8. The van der Waals surface area contributed by atoms with E-state index in [2.05, 4.69) is 4.74 Å². The number of esters is 2. The Labute approximate surface area is 205 Å². The molecule has 2 amide bonds. The van der Waals surface area contributed by atoms with Gasteiger partial charge in [-0.3, -0.25) is 19.3 Å². The molecule has 10 nitrogen and oxygen atoms in total. The van der Waals surface area contributed by atoms with Crippen molar-refractivity contribution in [1.82, 2.24) is 9.80 Å². The number of methoxy groups -OCH3 is 1. The third-order valence-electron chi connectivity index (χ3n) is 6.27. The molecule has 2 aliphatic heterocycles. The molecular formula is C25H35N3O7. The molecule has 1 aromatic rings. The van der Waals surface area contributed by atoms with Gasteiger partial charge in [-0.2, -0.15) is 0 Å². The number of carbonyl (C=O) groups is 4. The molecule has 0 saturated carbocycles. The van der Waals surface area contributed by atoms with E-state index < -0.39 is 23.5 Å². The number of ether oxygens (including phenoxy) is 3. The molecule has 1 unspecified atom stereocenters. The van der Waals surface area contributed by atoms with Gasteiger partial charge in [-0.05, 0) is 51.7 Å². The van der Waals surface area contributed by atoms with Crippen LogP contribution in [-0.4, -0.2) is 65.6 Å². The van der Waals surface area contributed by atoms with Crippen LogP contribution in [0.5, 0.6) is 5.75 Å². The smallest absolute Gasteiger partial charge is 0.410 e. The van der Waals surface area contributed by atoms with Crippen LogP contribution in [0.3, 0.4) is 0 Å². The van der Waals surface area contributed by atoms with Gasteiger partial charge in [0.05, 0.1) is 19.1 Å². The quantitative estimate of drug-likeness (QED) is 0.457. The topological polar surface area (TPSA) is 128 Å². The van der Waals surface area contributed by atoms with E-state index in [1.807, 2.05) is 37.8 Å². The summed E-state index contributed by atoms with van der Waals surface area (Å²) >= 11 is 0. The molecule has 1 aromatic carbocycles. The lowest BCUT2D eigenvalue weighted by molar-refractivity contribution is -0.142.